The Kier molecular flexibility index (Phi) is 3.91. The fourth-order valence-electron chi connectivity index (χ4n) is 2.25. The van der Waals surface area contributed by atoms with Gasteiger partial charge in [-0.3, -0.25) is 0 Å². The van der Waals surface area contributed by atoms with E-state index in [1.54, 1.807) is 0 Å². The lowest BCUT2D eigenvalue weighted by atomic mass is 9.81. The Morgan fingerprint density at radius 2 is 1.69 bits per heavy atom. The van der Waals surface area contributed by atoms with Crippen LogP contribution in [0, 0.1) is 5.92 Å². The minimum atomic E-state index is 0.214. The molecule has 0 aliphatic heterocycles. The van der Waals surface area contributed by atoms with Crippen LogP contribution in [0.5, 0.6) is 0 Å². The summed E-state index contributed by atoms with van der Waals surface area (Å²) in [5.41, 5.74) is 2.69. The second-order valence-electron chi connectivity index (χ2n) is 5.32. The molecule has 0 aromatic heterocycles. The zero-order valence-corrected chi connectivity index (χ0v) is 11.0. The zero-order chi connectivity index (χ0) is 11.5. The van der Waals surface area contributed by atoms with E-state index in [-0.39, 0.29) is 5.38 Å². The van der Waals surface area contributed by atoms with E-state index < -0.39 is 0 Å². The average molecular weight is 237 g/mol. The Hall–Kier alpha value is -0.490. The summed E-state index contributed by atoms with van der Waals surface area (Å²) in [6, 6.07) is 8.84. The van der Waals surface area contributed by atoms with Crippen molar-refractivity contribution in [3.63, 3.8) is 0 Å². The highest BCUT2D eigenvalue weighted by Crippen LogP contribution is 2.37. The quantitative estimate of drug-likeness (QED) is 0.624. The monoisotopic (exact) mass is 236 g/mol. The molecule has 0 heterocycles. The first kappa shape index (κ1) is 12.0. The van der Waals surface area contributed by atoms with Crippen molar-refractivity contribution >= 4 is 11.6 Å². The van der Waals surface area contributed by atoms with Crippen molar-refractivity contribution in [2.45, 2.75) is 50.8 Å². The Morgan fingerprint density at radius 1 is 1.12 bits per heavy atom. The van der Waals surface area contributed by atoms with Crippen LogP contribution in [0.15, 0.2) is 24.3 Å². The van der Waals surface area contributed by atoms with Gasteiger partial charge in [-0.05, 0) is 29.4 Å². The lowest BCUT2D eigenvalue weighted by Crippen LogP contribution is -2.12. The van der Waals surface area contributed by atoms with Gasteiger partial charge in [0.1, 0.15) is 0 Å². The Bertz CT molecular complexity index is 322. The number of rotatable bonds is 4. The van der Waals surface area contributed by atoms with E-state index >= 15 is 0 Å². The molecule has 0 radical (unpaired) electrons. The van der Waals surface area contributed by atoms with Gasteiger partial charge in [-0.25, -0.2) is 0 Å². The summed E-state index contributed by atoms with van der Waals surface area (Å²) in [4.78, 5) is 0. The van der Waals surface area contributed by atoms with Crippen LogP contribution in [-0.4, -0.2) is 0 Å². The van der Waals surface area contributed by atoms with Crippen LogP contribution in [0.25, 0.3) is 0 Å². The van der Waals surface area contributed by atoms with Gasteiger partial charge >= 0.3 is 0 Å². The van der Waals surface area contributed by atoms with Crippen molar-refractivity contribution in [1.82, 2.24) is 0 Å². The fraction of sp³-hybridized carbons (Fsp3) is 0.600. The summed E-state index contributed by atoms with van der Waals surface area (Å²) in [7, 11) is 0. The predicted molar refractivity (Wildman–Crippen MR) is 71.1 cm³/mol. The van der Waals surface area contributed by atoms with Crippen LogP contribution in [0.2, 0.25) is 0 Å². The number of hydrogen-bond donors (Lipinski definition) is 0. The molecule has 0 N–H and O–H groups in total. The van der Waals surface area contributed by atoms with E-state index in [4.69, 9.17) is 11.6 Å². The smallest absolute Gasteiger partial charge is 0.0587 e. The van der Waals surface area contributed by atoms with E-state index in [1.165, 1.54) is 30.4 Å². The van der Waals surface area contributed by atoms with Gasteiger partial charge in [0.15, 0.2) is 0 Å². The topological polar surface area (TPSA) is 0 Å². The molecule has 0 saturated heterocycles. The molecular formula is C15H21Cl. The van der Waals surface area contributed by atoms with Crippen LogP contribution in [0.4, 0.5) is 0 Å². The first-order valence-corrected chi connectivity index (χ1v) is 6.84. The number of benzene rings is 1. The largest absolute Gasteiger partial charge is 0.118 e. The van der Waals surface area contributed by atoms with Crippen molar-refractivity contribution < 1.29 is 0 Å². The number of halogens is 1. The predicted octanol–water partition coefficient (Wildman–Crippen LogP) is 5.28. The molecule has 0 nitrogen and oxygen atoms in total. The summed E-state index contributed by atoms with van der Waals surface area (Å²) >= 11 is 6.45. The minimum Gasteiger partial charge on any atom is -0.118 e. The standard InChI is InChI=1S/C15H21Cl/c1-11(2)13-6-8-14(9-7-13)15(16)10-12-4-3-5-12/h6-9,11-12,15H,3-5,10H2,1-2H3. The molecule has 16 heavy (non-hydrogen) atoms. The number of hydrogen-bond acceptors (Lipinski definition) is 0. The maximum absolute atomic E-state index is 6.45. The molecular weight excluding hydrogens is 216 g/mol. The van der Waals surface area contributed by atoms with Crippen molar-refractivity contribution in [3.05, 3.63) is 35.4 Å². The van der Waals surface area contributed by atoms with E-state index in [0.29, 0.717) is 5.92 Å². The third-order valence-corrected chi connectivity index (χ3v) is 4.16. The van der Waals surface area contributed by atoms with E-state index in [2.05, 4.69) is 38.1 Å². The molecule has 0 spiro atoms. The summed E-state index contributed by atoms with van der Waals surface area (Å²) in [5, 5.41) is 0.214. The Labute approximate surface area is 104 Å². The molecule has 2 rings (SSSR count). The molecule has 1 aliphatic rings. The van der Waals surface area contributed by atoms with Gasteiger partial charge in [0.2, 0.25) is 0 Å². The van der Waals surface area contributed by atoms with Crippen LogP contribution in [0.1, 0.15) is 62.0 Å². The second-order valence-corrected chi connectivity index (χ2v) is 5.85. The van der Waals surface area contributed by atoms with Gasteiger partial charge in [0.05, 0.1) is 5.38 Å². The van der Waals surface area contributed by atoms with Gasteiger partial charge in [-0.1, -0.05) is 57.4 Å². The lowest BCUT2D eigenvalue weighted by molar-refractivity contribution is 0.293. The van der Waals surface area contributed by atoms with Crippen LogP contribution >= 0.6 is 11.6 Å². The van der Waals surface area contributed by atoms with Crippen LogP contribution < -0.4 is 0 Å². The van der Waals surface area contributed by atoms with Gasteiger partial charge in [-0.15, -0.1) is 11.6 Å². The van der Waals surface area contributed by atoms with Gasteiger partial charge in [0, 0.05) is 0 Å². The van der Waals surface area contributed by atoms with Gasteiger partial charge in [0.25, 0.3) is 0 Å². The fourth-order valence-corrected chi connectivity index (χ4v) is 2.64. The SMILES string of the molecule is CC(C)c1ccc(C(Cl)CC2CCC2)cc1. The molecule has 1 saturated carbocycles. The highest BCUT2D eigenvalue weighted by Gasteiger charge is 2.21. The van der Waals surface area contributed by atoms with Crippen molar-refractivity contribution in [3.8, 4) is 0 Å². The average Bonchev–Trinajstić information content (AvgIpc) is 2.23. The van der Waals surface area contributed by atoms with Crippen LogP contribution in [-0.2, 0) is 0 Å². The second kappa shape index (κ2) is 5.23. The van der Waals surface area contributed by atoms with Gasteiger partial charge < -0.3 is 0 Å². The molecule has 1 unspecified atom stereocenters. The van der Waals surface area contributed by atoms with E-state index in [0.717, 1.165) is 12.3 Å². The van der Waals surface area contributed by atoms with Gasteiger partial charge in [-0.2, -0.15) is 0 Å². The normalized spacial score (nSPS) is 18.5. The van der Waals surface area contributed by atoms with Crippen molar-refractivity contribution in [1.29, 1.82) is 0 Å². The number of alkyl halides is 1. The van der Waals surface area contributed by atoms with Crippen molar-refractivity contribution in [2.75, 3.05) is 0 Å². The molecule has 1 aliphatic carbocycles. The molecule has 1 atom stereocenters. The zero-order valence-electron chi connectivity index (χ0n) is 10.2. The van der Waals surface area contributed by atoms with Crippen molar-refractivity contribution in [2.24, 2.45) is 5.92 Å². The third kappa shape index (κ3) is 2.79. The Morgan fingerprint density at radius 3 is 2.12 bits per heavy atom. The first-order valence-electron chi connectivity index (χ1n) is 6.40. The highest BCUT2D eigenvalue weighted by atomic mass is 35.5. The molecule has 1 heteroatoms. The van der Waals surface area contributed by atoms with E-state index in [1.807, 2.05) is 0 Å². The Balaban J connectivity index is 1.97. The third-order valence-electron chi connectivity index (χ3n) is 3.73. The summed E-state index contributed by atoms with van der Waals surface area (Å²) < 4.78 is 0. The van der Waals surface area contributed by atoms with Crippen LogP contribution in [0.3, 0.4) is 0 Å². The maximum Gasteiger partial charge on any atom is 0.0587 e. The van der Waals surface area contributed by atoms with E-state index in [9.17, 15) is 0 Å². The summed E-state index contributed by atoms with van der Waals surface area (Å²) in [6.45, 7) is 4.45. The molecule has 0 amide bonds. The summed E-state index contributed by atoms with van der Waals surface area (Å²) in [6.07, 6.45) is 5.32. The highest BCUT2D eigenvalue weighted by molar-refractivity contribution is 6.20. The minimum absolute atomic E-state index is 0.214. The lowest BCUT2D eigenvalue weighted by Gasteiger charge is -2.27. The molecule has 0 bridgehead atoms. The molecule has 88 valence electrons. The first-order chi connectivity index (χ1) is 7.66. The molecule has 1 fully saturated rings. The molecule has 1 aromatic carbocycles. The maximum atomic E-state index is 6.45. The summed E-state index contributed by atoms with van der Waals surface area (Å²) in [5.74, 6) is 1.49. The molecule has 1 aromatic rings.